The normalized spacial score (nSPS) is 63.1. The third-order valence-corrected chi connectivity index (χ3v) is 9.83. The lowest BCUT2D eigenvalue weighted by Gasteiger charge is -2.67. The third-order valence-electron chi connectivity index (χ3n) is 7.25. The van der Waals surface area contributed by atoms with Gasteiger partial charge in [-0.1, -0.05) is 59.6 Å². The van der Waals surface area contributed by atoms with Gasteiger partial charge in [-0.05, 0) is 41.4 Å². The van der Waals surface area contributed by atoms with Crippen LogP contribution >= 0.6 is 31.9 Å². The minimum atomic E-state index is 0.0470. The molecule has 0 aliphatic heterocycles. The molecule has 3 heteroatoms. The van der Waals surface area contributed by atoms with E-state index in [4.69, 9.17) is 0 Å². The number of rotatable bonds is 0. The highest BCUT2D eigenvalue weighted by Crippen LogP contribution is 2.81. The van der Waals surface area contributed by atoms with Crippen LogP contribution in [-0.2, 0) is 4.79 Å². The van der Waals surface area contributed by atoms with E-state index in [1.54, 1.807) is 0 Å². The minimum absolute atomic E-state index is 0.0470. The topological polar surface area (TPSA) is 17.1 Å². The van der Waals surface area contributed by atoms with Crippen LogP contribution in [0.4, 0.5) is 0 Å². The van der Waals surface area contributed by atoms with E-state index in [9.17, 15) is 4.79 Å². The van der Waals surface area contributed by atoms with Gasteiger partial charge in [0.05, 0.1) is 4.83 Å². The van der Waals surface area contributed by atoms with E-state index in [1.807, 2.05) is 0 Å². The summed E-state index contributed by atoms with van der Waals surface area (Å²) in [6.07, 6.45) is 3.72. The molecule has 0 saturated heterocycles. The maximum absolute atomic E-state index is 12.6. The Morgan fingerprint density at radius 3 is 2.22 bits per heavy atom. The Hall–Kier alpha value is 0.630. The number of halogens is 2. The predicted octanol–water partition coefficient (Wildman–Crippen LogP) is 4.56. The SMILES string of the molecule is C[C@H]1C(=O)[C@@H](Br)[C@H](C)[C@@]2(C)C[C@@H](Br)[C@@]3(C)CC[C@]132. The fraction of sp³-hybridized carbons (Fsp3) is 0.933. The molecular weight excluding hydrogens is 356 g/mol. The molecule has 0 amide bonds. The molecule has 3 aliphatic rings. The lowest BCUT2D eigenvalue weighted by molar-refractivity contribution is -0.189. The summed E-state index contributed by atoms with van der Waals surface area (Å²) >= 11 is 7.61. The van der Waals surface area contributed by atoms with Gasteiger partial charge >= 0.3 is 0 Å². The van der Waals surface area contributed by atoms with Crippen molar-refractivity contribution in [3.05, 3.63) is 0 Å². The fourth-order valence-electron chi connectivity index (χ4n) is 5.79. The maximum atomic E-state index is 12.6. The monoisotopic (exact) mass is 376 g/mol. The summed E-state index contributed by atoms with van der Waals surface area (Å²) in [5, 5.41) is 0. The summed E-state index contributed by atoms with van der Waals surface area (Å²) in [6, 6.07) is 0. The van der Waals surface area contributed by atoms with Gasteiger partial charge in [0.1, 0.15) is 5.78 Å². The van der Waals surface area contributed by atoms with Gasteiger partial charge < -0.3 is 0 Å². The highest BCUT2D eigenvalue weighted by atomic mass is 79.9. The van der Waals surface area contributed by atoms with E-state index in [0.717, 1.165) is 0 Å². The van der Waals surface area contributed by atoms with Crippen molar-refractivity contribution in [2.75, 3.05) is 0 Å². The molecule has 0 N–H and O–H groups in total. The second-order valence-electron chi connectivity index (χ2n) is 7.29. The van der Waals surface area contributed by atoms with Crippen LogP contribution in [0.1, 0.15) is 47.0 Å². The molecule has 3 fully saturated rings. The lowest BCUT2D eigenvalue weighted by atomic mass is 9.37. The van der Waals surface area contributed by atoms with Crippen LogP contribution < -0.4 is 0 Å². The summed E-state index contributed by atoms with van der Waals surface area (Å²) in [6.45, 7) is 9.30. The summed E-state index contributed by atoms with van der Waals surface area (Å²) in [7, 11) is 0. The van der Waals surface area contributed by atoms with E-state index in [0.29, 0.717) is 21.9 Å². The molecule has 3 aliphatic carbocycles. The van der Waals surface area contributed by atoms with Gasteiger partial charge in [-0.2, -0.15) is 0 Å². The first kappa shape index (κ1) is 13.6. The van der Waals surface area contributed by atoms with E-state index in [2.05, 4.69) is 59.6 Å². The fourth-order valence-corrected chi connectivity index (χ4v) is 8.08. The van der Waals surface area contributed by atoms with Gasteiger partial charge in [-0.25, -0.2) is 0 Å². The number of hydrogen-bond acceptors (Lipinski definition) is 1. The number of carbonyl (C=O) groups excluding carboxylic acids is 1. The van der Waals surface area contributed by atoms with E-state index >= 15 is 0 Å². The maximum Gasteiger partial charge on any atom is 0.150 e. The van der Waals surface area contributed by atoms with Crippen LogP contribution in [-0.4, -0.2) is 15.4 Å². The third kappa shape index (κ3) is 1.11. The predicted molar refractivity (Wildman–Crippen MR) is 81.3 cm³/mol. The molecule has 0 aromatic rings. The summed E-state index contributed by atoms with van der Waals surface area (Å²) in [5.41, 5.74) is 0.836. The average molecular weight is 378 g/mol. The Labute approximate surface area is 127 Å². The molecule has 1 nitrogen and oxygen atoms in total. The summed E-state index contributed by atoms with van der Waals surface area (Å²) < 4.78 is 0. The van der Waals surface area contributed by atoms with Gasteiger partial charge in [-0.15, -0.1) is 0 Å². The standard InChI is InChI=1S/C15H22Br2O/c1-8-11(17)12(18)9(2)15-6-5-13(15,3)10(16)7-14(8,15)4/h8-11H,5-7H2,1-4H3/t8-,9-,10+,11-,13+,14+,15-/m0/s1. The first-order valence-electron chi connectivity index (χ1n) is 7.04. The van der Waals surface area contributed by atoms with E-state index in [1.165, 1.54) is 19.3 Å². The summed E-state index contributed by atoms with van der Waals surface area (Å²) in [5.74, 6) is 1.07. The molecule has 3 rings (SSSR count). The first-order valence-corrected chi connectivity index (χ1v) is 8.87. The quantitative estimate of drug-likeness (QED) is 0.565. The van der Waals surface area contributed by atoms with Crippen molar-refractivity contribution in [2.45, 2.75) is 56.6 Å². The van der Waals surface area contributed by atoms with E-state index in [-0.39, 0.29) is 21.6 Å². The molecule has 0 bridgehead atoms. The molecule has 0 heterocycles. The molecule has 18 heavy (non-hydrogen) atoms. The van der Waals surface area contributed by atoms with Crippen molar-refractivity contribution < 1.29 is 4.79 Å². The first-order chi connectivity index (χ1) is 8.22. The van der Waals surface area contributed by atoms with Crippen LogP contribution in [0.15, 0.2) is 0 Å². The van der Waals surface area contributed by atoms with Crippen LogP contribution in [0.25, 0.3) is 0 Å². The number of carbonyl (C=O) groups is 1. The van der Waals surface area contributed by atoms with Gasteiger partial charge in [0.25, 0.3) is 0 Å². The molecule has 7 atom stereocenters. The van der Waals surface area contributed by atoms with Crippen molar-refractivity contribution in [2.24, 2.45) is 28.1 Å². The van der Waals surface area contributed by atoms with Crippen molar-refractivity contribution in [1.82, 2.24) is 0 Å². The van der Waals surface area contributed by atoms with Crippen molar-refractivity contribution in [3.8, 4) is 0 Å². The van der Waals surface area contributed by atoms with Gasteiger partial charge in [0.15, 0.2) is 0 Å². The Kier molecular flexibility index (Phi) is 2.75. The molecule has 3 saturated carbocycles. The van der Waals surface area contributed by atoms with Gasteiger partial charge in [-0.3, -0.25) is 4.79 Å². The van der Waals surface area contributed by atoms with Gasteiger partial charge in [0.2, 0.25) is 0 Å². The smallest absolute Gasteiger partial charge is 0.150 e. The molecular formula is C15H22Br2O. The van der Waals surface area contributed by atoms with Crippen molar-refractivity contribution in [1.29, 1.82) is 0 Å². The molecule has 102 valence electrons. The largest absolute Gasteiger partial charge is 0.298 e. The number of Topliss-reactive ketones (excluding diaryl/α,β-unsaturated/α-hetero) is 1. The Bertz CT molecular complexity index is 423. The molecule has 0 aromatic heterocycles. The summed E-state index contributed by atoms with van der Waals surface area (Å²) in [4.78, 5) is 13.2. The Balaban J connectivity index is 2.18. The average Bonchev–Trinajstić information content (AvgIpc) is 2.42. The molecule has 0 radical (unpaired) electrons. The van der Waals surface area contributed by atoms with Crippen LogP contribution in [0, 0.1) is 28.1 Å². The second-order valence-corrected chi connectivity index (χ2v) is 9.38. The second kappa shape index (κ2) is 3.63. The zero-order chi connectivity index (χ0) is 13.5. The van der Waals surface area contributed by atoms with Gasteiger partial charge in [0, 0.05) is 10.7 Å². The van der Waals surface area contributed by atoms with Crippen molar-refractivity contribution >= 4 is 37.6 Å². The van der Waals surface area contributed by atoms with Crippen LogP contribution in [0.5, 0.6) is 0 Å². The van der Waals surface area contributed by atoms with Crippen molar-refractivity contribution in [3.63, 3.8) is 0 Å². The van der Waals surface area contributed by atoms with Crippen LogP contribution in [0.2, 0.25) is 0 Å². The lowest BCUT2D eigenvalue weighted by Crippen LogP contribution is -2.66. The number of alkyl halides is 2. The molecule has 1 spiro atoms. The number of ketones is 1. The van der Waals surface area contributed by atoms with E-state index < -0.39 is 0 Å². The zero-order valence-corrected chi connectivity index (χ0v) is 14.8. The Morgan fingerprint density at radius 2 is 1.72 bits per heavy atom. The number of hydrogen-bond donors (Lipinski definition) is 0. The minimum Gasteiger partial charge on any atom is -0.298 e. The highest BCUT2D eigenvalue weighted by Gasteiger charge is 2.77. The molecule has 0 aromatic carbocycles. The molecule has 0 unspecified atom stereocenters. The van der Waals surface area contributed by atoms with Crippen LogP contribution in [0.3, 0.4) is 0 Å². The zero-order valence-electron chi connectivity index (χ0n) is 11.6. The Morgan fingerprint density at radius 1 is 1.11 bits per heavy atom. The highest BCUT2D eigenvalue weighted by molar-refractivity contribution is 9.10.